The van der Waals surface area contributed by atoms with Crippen LogP contribution in [0.15, 0.2) is 72.8 Å². The van der Waals surface area contributed by atoms with Crippen molar-refractivity contribution in [3.63, 3.8) is 0 Å². The normalized spacial score (nSPS) is 8.31. The van der Waals surface area contributed by atoms with Gasteiger partial charge in [0.05, 0.1) is 0 Å². The van der Waals surface area contributed by atoms with Crippen molar-refractivity contribution in [1.29, 1.82) is 0 Å². The fraction of sp³-hybridized carbons (Fsp3) is 0. The molecule has 0 unspecified atom stereocenters. The third kappa shape index (κ3) is 10.2. The summed E-state index contributed by atoms with van der Waals surface area (Å²) in [4.78, 5) is 0. The molecule has 0 atom stereocenters. The summed E-state index contributed by atoms with van der Waals surface area (Å²) in [5, 5.41) is 60.2. The molecule has 126 valence electrons. The van der Waals surface area contributed by atoms with Crippen LogP contribution in [0.5, 0.6) is 34.5 Å². The molecule has 3 rings (SSSR count). The van der Waals surface area contributed by atoms with Gasteiger partial charge in [-0.15, -0.1) is 23.0 Å². The molecule has 6 nitrogen and oxygen atoms in total. The molecule has 0 aliphatic heterocycles. The Bertz CT molecular complexity index is 604. The van der Waals surface area contributed by atoms with Crippen LogP contribution in [-0.4, -0.2) is 5.11 Å². The molecule has 0 saturated carbocycles. The molecule has 0 spiro atoms. The van der Waals surface area contributed by atoms with Gasteiger partial charge in [0.15, 0.2) is 0 Å². The third-order valence-electron chi connectivity index (χ3n) is 2.56. The van der Waals surface area contributed by atoms with E-state index in [0.717, 1.165) is 0 Å². The van der Waals surface area contributed by atoms with Gasteiger partial charge in [0.2, 0.25) is 0 Å². The van der Waals surface area contributed by atoms with Crippen LogP contribution in [0.1, 0.15) is 0 Å². The Morgan fingerprint density at radius 3 is 0.846 bits per heavy atom. The summed E-state index contributed by atoms with van der Waals surface area (Å²) in [7, 11) is 0. The summed E-state index contributed by atoms with van der Waals surface area (Å²) in [6, 6.07) is 17.1. The van der Waals surface area contributed by atoms with Gasteiger partial charge in [-0.05, 0) is 6.07 Å². The number of benzene rings is 3. The zero-order valence-electron chi connectivity index (χ0n) is 13.9. The van der Waals surface area contributed by atoms with Crippen molar-refractivity contribution in [2.45, 2.75) is 0 Å². The Kier molecular flexibility index (Phi) is 14.6. The Morgan fingerprint density at radius 2 is 0.692 bits per heavy atom. The quantitative estimate of drug-likeness (QED) is 0.406. The zero-order valence-corrected chi connectivity index (χ0v) is 17.5. The predicted molar refractivity (Wildman–Crippen MR) is 78.2 cm³/mol. The molecule has 0 radical (unpaired) electrons. The second kappa shape index (κ2) is 14.4. The van der Waals surface area contributed by atoms with Gasteiger partial charge in [-0.25, -0.2) is 0 Å². The summed E-state index contributed by atoms with van der Waals surface area (Å²) >= 11 is 0. The van der Waals surface area contributed by atoms with Crippen molar-refractivity contribution in [3.05, 3.63) is 72.8 Å². The maximum absolute atomic E-state index is 10.4. The first kappa shape index (κ1) is 26.4. The Labute approximate surface area is 188 Å². The summed E-state index contributed by atoms with van der Waals surface area (Å²) in [5.41, 5.74) is 0. The summed E-state index contributed by atoms with van der Waals surface area (Å²) in [6.45, 7) is 0. The molecule has 0 bridgehead atoms. The average Bonchev–Trinajstić information content (AvgIpc) is 2.57. The number of rotatable bonds is 0. The van der Waals surface area contributed by atoms with E-state index in [0.29, 0.717) is 0 Å². The van der Waals surface area contributed by atoms with Crippen LogP contribution >= 0.6 is 0 Å². The van der Waals surface area contributed by atoms with E-state index in [4.69, 9.17) is 5.11 Å². The fourth-order valence-electron chi connectivity index (χ4n) is 1.36. The van der Waals surface area contributed by atoms with Crippen LogP contribution in [0.4, 0.5) is 0 Å². The fourth-order valence-corrected chi connectivity index (χ4v) is 1.36. The smallest absolute Gasteiger partial charge is 0.873 e. The minimum absolute atomic E-state index is 0. The number of aromatic hydroxyl groups is 1. The first-order chi connectivity index (χ1) is 11.4. The van der Waals surface area contributed by atoms with Crippen molar-refractivity contribution < 1.29 is 81.9 Å². The molecule has 3 aromatic carbocycles. The summed E-state index contributed by atoms with van der Waals surface area (Å²) in [6.07, 6.45) is 0. The number of phenolic OH excluding ortho intramolecular Hbond substituents is 1. The second-order valence-electron chi connectivity index (χ2n) is 4.36. The third-order valence-corrected chi connectivity index (χ3v) is 2.56. The topological polar surface area (TPSA) is 136 Å². The van der Waals surface area contributed by atoms with Crippen molar-refractivity contribution in [3.8, 4) is 34.5 Å². The Hall–Kier alpha value is -1.83. The molecule has 0 fully saturated rings. The monoisotopic (exact) mass is 396 g/mol. The largest absolute Gasteiger partial charge is 4.00 e. The van der Waals surface area contributed by atoms with Crippen molar-refractivity contribution >= 4 is 0 Å². The van der Waals surface area contributed by atoms with Crippen molar-refractivity contribution in [2.75, 3.05) is 0 Å². The molecular formula is C18H13NaO6Ti. The zero-order chi connectivity index (χ0) is 17.9. The molecule has 0 heterocycles. The van der Waals surface area contributed by atoms with Gasteiger partial charge >= 0.3 is 51.3 Å². The van der Waals surface area contributed by atoms with Crippen LogP contribution in [-0.2, 0) is 21.7 Å². The van der Waals surface area contributed by atoms with Gasteiger partial charge in [0.1, 0.15) is 5.75 Å². The van der Waals surface area contributed by atoms with E-state index < -0.39 is 23.0 Å². The van der Waals surface area contributed by atoms with Gasteiger partial charge in [-0.1, -0.05) is 72.5 Å². The minimum Gasteiger partial charge on any atom is -0.873 e. The molecular weight excluding hydrogens is 383 g/mol. The van der Waals surface area contributed by atoms with Gasteiger partial charge < -0.3 is 30.6 Å². The SMILES string of the molecule is [Na+].[O-]c1ccccc1O.[O-]c1ccccc1[O-].[O-]c1ccccc1[O-].[Ti+4]. The average molecular weight is 396 g/mol. The molecule has 26 heavy (non-hydrogen) atoms. The molecule has 0 saturated heterocycles. The molecule has 3 aromatic rings. The maximum Gasteiger partial charge on any atom is 4.00 e. The van der Waals surface area contributed by atoms with Crippen LogP contribution in [0, 0.1) is 0 Å². The molecule has 1 N–H and O–H groups in total. The van der Waals surface area contributed by atoms with Crippen molar-refractivity contribution in [1.82, 2.24) is 0 Å². The van der Waals surface area contributed by atoms with Crippen LogP contribution < -0.4 is 55.1 Å². The number of phenols is 1. The maximum atomic E-state index is 10.4. The summed E-state index contributed by atoms with van der Waals surface area (Å²) in [5.74, 6) is -2.26. The van der Waals surface area contributed by atoms with Gasteiger partial charge in [0, 0.05) is 0 Å². The second-order valence-corrected chi connectivity index (χ2v) is 4.36. The number of para-hydroxylation sites is 6. The van der Waals surface area contributed by atoms with Crippen LogP contribution in [0.25, 0.3) is 0 Å². The first-order valence-corrected chi connectivity index (χ1v) is 6.73. The van der Waals surface area contributed by atoms with E-state index in [1.165, 1.54) is 36.4 Å². The van der Waals surface area contributed by atoms with E-state index in [2.05, 4.69) is 0 Å². The van der Waals surface area contributed by atoms with E-state index >= 15 is 0 Å². The van der Waals surface area contributed by atoms with E-state index in [-0.39, 0.29) is 62.8 Å². The molecule has 0 aliphatic carbocycles. The van der Waals surface area contributed by atoms with Gasteiger partial charge in [-0.2, -0.15) is 0 Å². The minimum atomic E-state index is -0.437. The van der Waals surface area contributed by atoms with Gasteiger partial charge in [0.25, 0.3) is 0 Å². The Morgan fingerprint density at radius 1 is 0.462 bits per heavy atom. The summed E-state index contributed by atoms with van der Waals surface area (Å²) < 4.78 is 0. The van der Waals surface area contributed by atoms with Gasteiger partial charge in [-0.3, -0.25) is 0 Å². The first-order valence-electron chi connectivity index (χ1n) is 6.73. The molecule has 8 heteroatoms. The van der Waals surface area contributed by atoms with Crippen molar-refractivity contribution in [2.24, 2.45) is 0 Å². The number of hydrogen-bond donors (Lipinski definition) is 1. The van der Waals surface area contributed by atoms with Crippen LogP contribution in [0.3, 0.4) is 0 Å². The van der Waals surface area contributed by atoms with E-state index in [9.17, 15) is 25.5 Å². The van der Waals surface area contributed by atoms with Crippen LogP contribution in [0.2, 0.25) is 0 Å². The van der Waals surface area contributed by atoms with E-state index in [1.807, 2.05) is 0 Å². The Balaban J connectivity index is 0. The molecule has 0 aromatic heterocycles. The predicted octanol–water partition coefficient (Wildman–Crippen LogP) is -2.87. The standard InChI is InChI=1S/3C6H6O2.Na.Ti/c3*7-5-3-1-2-4-6(5)8;;/h3*1-4,7-8H;;/q;;;+1;+4/p-5. The molecule has 0 aliphatic rings. The van der Waals surface area contributed by atoms with E-state index in [1.54, 1.807) is 36.4 Å². The molecule has 0 amide bonds. The number of hydrogen-bond acceptors (Lipinski definition) is 6.